The van der Waals surface area contributed by atoms with Crippen LogP contribution in [0.15, 0.2) is 79.0 Å². The van der Waals surface area contributed by atoms with Gasteiger partial charge in [0.25, 0.3) is 0 Å². The molecule has 0 spiro atoms. The summed E-state index contributed by atoms with van der Waals surface area (Å²) in [7, 11) is 0. The summed E-state index contributed by atoms with van der Waals surface area (Å²) >= 11 is 5.86. The van der Waals surface area contributed by atoms with Crippen LogP contribution in [0.4, 0.5) is 5.69 Å². The number of benzene rings is 2. The van der Waals surface area contributed by atoms with Gasteiger partial charge >= 0.3 is 0 Å². The molecule has 0 aliphatic carbocycles. The number of hydrogen-bond acceptors (Lipinski definition) is 3. The summed E-state index contributed by atoms with van der Waals surface area (Å²) < 4.78 is 2.34. The van der Waals surface area contributed by atoms with Gasteiger partial charge in [0, 0.05) is 41.9 Å². The average molecular weight is 538 g/mol. The number of pyridine rings is 1. The van der Waals surface area contributed by atoms with Gasteiger partial charge in [-0.15, -0.1) is 0 Å². The lowest BCUT2D eigenvalue weighted by molar-refractivity contribution is -0.116. The smallest absolute Gasteiger partial charge is 0.226 e. The van der Waals surface area contributed by atoms with Crippen LogP contribution in [-0.2, 0) is 11.2 Å². The number of nitrogens with zero attached hydrogens (tertiary/aromatic N) is 3. The van der Waals surface area contributed by atoms with Crippen LogP contribution >= 0.6 is 12.2 Å². The van der Waals surface area contributed by atoms with Gasteiger partial charge < -0.3 is 20.1 Å². The van der Waals surface area contributed by atoms with Crippen LogP contribution in [0.1, 0.15) is 59.2 Å². The third-order valence-electron chi connectivity index (χ3n) is 7.52. The number of anilines is 1. The summed E-state index contributed by atoms with van der Waals surface area (Å²) in [5, 5.41) is 7.18. The molecule has 1 saturated heterocycles. The number of rotatable bonds is 8. The van der Waals surface area contributed by atoms with Gasteiger partial charge in [-0.05, 0) is 86.9 Å². The molecule has 0 unspecified atom stereocenters. The SMILES string of the molecule is CCc1ccccc1-n1c(C)cc([C@@H]2[C@H](c3ccccn3)NC(=S)N2CCC(=O)Nc2ccc(C)cc2)c1C. The molecule has 2 atom stereocenters. The molecule has 1 aliphatic heterocycles. The summed E-state index contributed by atoms with van der Waals surface area (Å²) in [5.74, 6) is -0.0379. The van der Waals surface area contributed by atoms with E-state index in [1.54, 1.807) is 0 Å². The van der Waals surface area contributed by atoms with E-state index in [-0.39, 0.29) is 18.0 Å². The second-order valence-electron chi connectivity index (χ2n) is 10.1. The van der Waals surface area contributed by atoms with Crippen molar-refractivity contribution in [1.29, 1.82) is 0 Å². The van der Waals surface area contributed by atoms with Gasteiger partial charge in [0.1, 0.15) is 0 Å². The molecule has 39 heavy (non-hydrogen) atoms. The first-order valence-electron chi connectivity index (χ1n) is 13.5. The Morgan fingerprint density at radius 2 is 1.77 bits per heavy atom. The molecule has 1 aliphatic rings. The largest absolute Gasteiger partial charge is 0.352 e. The second-order valence-corrected chi connectivity index (χ2v) is 10.5. The van der Waals surface area contributed by atoms with Gasteiger partial charge in [-0.2, -0.15) is 0 Å². The zero-order valence-corrected chi connectivity index (χ0v) is 23.8. The van der Waals surface area contributed by atoms with Gasteiger partial charge in [-0.25, -0.2) is 0 Å². The number of para-hydroxylation sites is 1. The van der Waals surface area contributed by atoms with Crippen molar-refractivity contribution >= 4 is 28.9 Å². The molecule has 200 valence electrons. The maximum atomic E-state index is 12.9. The van der Waals surface area contributed by atoms with Crippen LogP contribution in [-0.4, -0.2) is 32.0 Å². The molecule has 3 heterocycles. The number of amides is 1. The summed E-state index contributed by atoms with van der Waals surface area (Å²) in [6.45, 7) is 9.04. The highest BCUT2D eigenvalue weighted by molar-refractivity contribution is 7.80. The fourth-order valence-electron chi connectivity index (χ4n) is 5.55. The van der Waals surface area contributed by atoms with Crippen LogP contribution in [0.5, 0.6) is 0 Å². The van der Waals surface area contributed by atoms with E-state index in [4.69, 9.17) is 12.2 Å². The third kappa shape index (κ3) is 5.45. The predicted octanol–water partition coefficient (Wildman–Crippen LogP) is 6.36. The van der Waals surface area contributed by atoms with Gasteiger partial charge in [-0.3, -0.25) is 9.78 Å². The highest BCUT2D eigenvalue weighted by atomic mass is 32.1. The van der Waals surface area contributed by atoms with Crippen molar-refractivity contribution in [3.8, 4) is 5.69 Å². The van der Waals surface area contributed by atoms with E-state index in [0.29, 0.717) is 18.1 Å². The monoisotopic (exact) mass is 537 g/mol. The topological polar surface area (TPSA) is 62.2 Å². The van der Waals surface area contributed by atoms with Gasteiger partial charge in [-0.1, -0.05) is 48.9 Å². The van der Waals surface area contributed by atoms with Crippen molar-refractivity contribution in [2.24, 2.45) is 0 Å². The van der Waals surface area contributed by atoms with E-state index >= 15 is 0 Å². The van der Waals surface area contributed by atoms with Crippen molar-refractivity contribution in [3.05, 3.63) is 113 Å². The molecule has 7 heteroatoms. The lowest BCUT2D eigenvalue weighted by atomic mass is 9.96. The zero-order valence-electron chi connectivity index (χ0n) is 22.9. The maximum absolute atomic E-state index is 12.9. The first kappa shape index (κ1) is 26.6. The van der Waals surface area contributed by atoms with Crippen LogP contribution < -0.4 is 10.6 Å². The molecule has 6 nitrogen and oxygen atoms in total. The molecule has 4 aromatic rings. The molecule has 1 fully saturated rings. The molecule has 2 aromatic heterocycles. The highest BCUT2D eigenvalue weighted by Crippen LogP contribution is 2.41. The van der Waals surface area contributed by atoms with Crippen LogP contribution in [0.2, 0.25) is 0 Å². The number of carbonyl (C=O) groups is 1. The minimum atomic E-state index is -0.130. The van der Waals surface area contributed by atoms with Crippen LogP contribution in [0, 0.1) is 20.8 Å². The van der Waals surface area contributed by atoms with Crippen molar-refractivity contribution in [2.45, 2.75) is 52.6 Å². The number of aromatic nitrogens is 2. The van der Waals surface area contributed by atoms with Gasteiger partial charge in [0.2, 0.25) is 5.91 Å². The molecule has 0 radical (unpaired) electrons. The van der Waals surface area contributed by atoms with E-state index in [1.165, 1.54) is 22.5 Å². The Kier molecular flexibility index (Phi) is 7.79. The lowest BCUT2D eigenvalue weighted by Crippen LogP contribution is -2.32. The van der Waals surface area contributed by atoms with Crippen molar-refractivity contribution in [2.75, 3.05) is 11.9 Å². The average Bonchev–Trinajstić information content (AvgIpc) is 3.43. The molecule has 5 rings (SSSR count). The molecule has 2 aromatic carbocycles. The molecule has 2 N–H and O–H groups in total. The fourth-order valence-corrected chi connectivity index (χ4v) is 5.88. The molecule has 0 saturated carbocycles. The predicted molar refractivity (Wildman–Crippen MR) is 161 cm³/mol. The van der Waals surface area contributed by atoms with Gasteiger partial charge in [0.15, 0.2) is 5.11 Å². The van der Waals surface area contributed by atoms with Crippen LogP contribution in [0.3, 0.4) is 0 Å². The van der Waals surface area contributed by atoms with Crippen molar-refractivity contribution < 1.29 is 4.79 Å². The Morgan fingerprint density at radius 3 is 2.49 bits per heavy atom. The van der Waals surface area contributed by atoms with E-state index in [2.05, 4.69) is 76.2 Å². The molecular formula is C32H35N5OS. The number of carbonyl (C=O) groups excluding carboxylic acids is 1. The lowest BCUT2D eigenvalue weighted by Gasteiger charge is -2.28. The minimum Gasteiger partial charge on any atom is -0.352 e. The van der Waals surface area contributed by atoms with Crippen LogP contribution in [0.25, 0.3) is 5.69 Å². The Bertz CT molecular complexity index is 1480. The Balaban J connectivity index is 1.48. The summed E-state index contributed by atoms with van der Waals surface area (Å²) in [6, 6.07) is 24.4. The first-order chi connectivity index (χ1) is 18.9. The Morgan fingerprint density at radius 1 is 1.03 bits per heavy atom. The fraction of sp³-hybridized carbons (Fsp3) is 0.281. The minimum absolute atomic E-state index is 0.0379. The van der Waals surface area contributed by atoms with Crippen molar-refractivity contribution in [1.82, 2.24) is 19.8 Å². The van der Waals surface area contributed by atoms with Gasteiger partial charge in [0.05, 0.1) is 17.8 Å². The third-order valence-corrected chi connectivity index (χ3v) is 7.87. The summed E-state index contributed by atoms with van der Waals surface area (Å²) in [5.41, 5.74) is 8.90. The first-order valence-corrected chi connectivity index (χ1v) is 13.9. The van der Waals surface area contributed by atoms with E-state index in [0.717, 1.165) is 29.1 Å². The van der Waals surface area contributed by atoms with Crippen molar-refractivity contribution in [3.63, 3.8) is 0 Å². The standard InChI is InChI=1S/C32H35N5OS/c1-5-24-10-6-7-12-28(24)37-22(3)20-26(23(37)4)31-30(27-11-8-9-18-33-27)35-32(39)36(31)19-17-29(38)34-25-15-13-21(2)14-16-25/h6-16,18,20,30-31H,5,17,19H2,1-4H3,(H,34,38)(H,35,39)/t30-,31+/m0/s1. The normalized spacial score (nSPS) is 16.8. The van der Waals surface area contributed by atoms with E-state index in [1.807, 2.05) is 55.6 Å². The summed E-state index contributed by atoms with van der Waals surface area (Å²) in [4.78, 5) is 19.7. The maximum Gasteiger partial charge on any atom is 0.226 e. The van der Waals surface area contributed by atoms with E-state index < -0.39 is 0 Å². The number of thiocarbonyl (C=S) groups is 1. The second kappa shape index (κ2) is 11.4. The van der Waals surface area contributed by atoms with E-state index in [9.17, 15) is 4.79 Å². The Hall–Kier alpha value is -3.97. The Labute approximate surface area is 236 Å². The number of aryl methyl sites for hydroxylation is 3. The molecular weight excluding hydrogens is 502 g/mol. The number of nitrogens with one attached hydrogen (secondary N) is 2. The molecule has 0 bridgehead atoms. The highest BCUT2D eigenvalue weighted by Gasteiger charge is 2.41. The molecule has 1 amide bonds. The number of hydrogen-bond donors (Lipinski definition) is 2. The summed E-state index contributed by atoms with van der Waals surface area (Å²) in [6.07, 6.45) is 3.09. The quantitative estimate of drug-likeness (QED) is 0.256. The zero-order chi connectivity index (χ0) is 27.5.